The van der Waals surface area contributed by atoms with Crippen LogP contribution in [0.1, 0.15) is 21.3 Å². The number of nitrogens with zero attached hydrogens (tertiary/aromatic N) is 4. The van der Waals surface area contributed by atoms with Gasteiger partial charge in [0.1, 0.15) is 0 Å². The van der Waals surface area contributed by atoms with Gasteiger partial charge in [0.05, 0.1) is 22.1 Å². The molecule has 4 nitrogen and oxygen atoms in total. The zero-order valence-corrected chi connectivity index (χ0v) is 16.2. The molecule has 0 spiro atoms. The highest BCUT2D eigenvalue weighted by atomic mass is 32.1. The first-order valence-corrected chi connectivity index (χ1v) is 10.3. The van der Waals surface area contributed by atoms with Gasteiger partial charge >= 0.3 is 0 Å². The Morgan fingerprint density at radius 2 is 1.07 bits per heavy atom. The highest BCUT2D eigenvalue weighted by Crippen LogP contribution is 2.20. The number of hydrogen-bond acceptors (Lipinski definition) is 4. The van der Waals surface area contributed by atoms with Crippen LogP contribution in [-0.4, -0.2) is 18.8 Å². The summed E-state index contributed by atoms with van der Waals surface area (Å²) in [6.45, 7) is 4.00. The molecule has 6 aromatic rings. The van der Waals surface area contributed by atoms with Gasteiger partial charge in [-0.25, -0.2) is 9.97 Å². The maximum Gasteiger partial charge on any atom is 0.194 e. The fraction of sp³-hybridized carbons (Fsp3) is 0.143. The van der Waals surface area contributed by atoms with Crippen molar-refractivity contribution in [3.8, 4) is 0 Å². The molecule has 0 aliphatic rings. The van der Waals surface area contributed by atoms with Gasteiger partial charge in [0.25, 0.3) is 0 Å². The third-order valence-electron chi connectivity index (χ3n) is 3.89. The van der Waals surface area contributed by atoms with Crippen molar-refractivity contribution >= 4 is 54.7 Å². The molecular formula is C21H22N4S2. The van der Waals surface area contributed by atoms with Crippen molar-refractivity contribution in [1.29, 1.82) is 0 Å². The van der Waals surface area contributed by atoms with Gasteiger partial charge in [-0.2, -0.15) is 0 Å². The van der Waals surface area contributed by atoms with Crippen LogP contribution in [0.25, 0.3) is 32.0 Å². The van der Waals surface area contributed by atoms with Crippen molar-refractivity contribution in [3.63, 3.8) is 0 Å². The van der Waals surface area contributed by atoms with Crippen molar-refractivity contribution in [3.05, 3.63) is 71.7 Å². The third-order valence-corrected chi connectivity index (χ3v) is 5.41. The van der Waals surface area contributed by atoms with Gasteiger partial charge in [-0.1, -0.05) is 45.5 Å². The number of hydrogen-bond donors (Lipinski definition) is 0. The predicted molar refractivity (Wildman–Crippen MR) is 119 cm³/mol. The number of aromatic nitrogens is 4. The normalized spacial score (nSPS) is 10.3. The lowest BCUT2D eigenvalue weighted by molar-refractivity contribution is 1.28. The monoisotopic (exact) mass is 394 g/mol. The van der Waals surface area contributed by atoms with E-state index in [1.807, 2.05) is 50.2 Å². The second kappa shape index (κ2) is 8.33. The van der Waals surface area contributed by atoms with Gasteiger partial charge in [0.15, 0.2) is 9.92 Å². The smallest absolute Gasteiger partial charge is 0.194 e. The molecule has 138 valence electrons. The molecule has 4 heterocycles. The number of imidazole rings is 2. The summed E-state index contributed by atoms with van der Waals surface area (Å²) < 4.78 is 4.22. The zero-order valence-electron chi connectivity index (χ0n) is 14.5. The molecule has 0 radical (unpaired) electrons. The number of para-hydroxylation sites is 4. The van der Waals surface area contributed by atoms with Gasteiger partial charge in [0, 0.05) is 23.2 Å². The van der Waals surface area contributed by atoms with Gasteiger partial charge in [-0.05, 0) is 24.3 Å². The molecule has 6 rings (SSSR count). The minimum Gasteiger partial charge on any atom is -0.290 e. The van der Waals surface area contributed by atoms with Gasteiger partial charge in [0.2, 0.25) is 0 Å². The second-order valence-corrected chi connectivity index (χ2v) is 7.06. The van der Waals surface area contributed by atoms with Gasteiger partial charge < -0.3 is 0 Å². The lowest BCUT2D eigenvalue weighted by Gasteiger charge is -1.86. The lowest BCUT2D eigenvalue weighted by Crippen LogP contribution is -1.73. The Hall–Kier alpha value is -2.70. The van der Waals surface area contributed by atoms with Crippen LogP contribution in [0.4, 0.5) is 0 Å². The molecule has 0 bridgehead atoms. The Bertz CT molecular complexity index is 1170. The fourth-order valence-corrected chi connectivity index (χ4v) is 4.26. The molecule has 2 aromatic carbocycles. The Labute approximate surface area is 166 Å². The summed E-state index contributed by atoms with van der Waals surface area (Å²) in [5, 5.41) is 4.10. The van der Waals surface area contributed by atoms with Crippen LogP contribution in [0.2, 0.25) is 0 Å². The van der Waals surface area contributed by atoms with Gasteiger partial charge in [-0.15, -0.1) is 22.7 Å². The van der Waals surface area contributed by atoms with Crippen LogP contribution in [-0.2, 0) is 0 Å². The second-order valence-electron chi connectivity index (χ2n) is 5.31. The fourth-order valence-electron chi connectivity index (χ4n) is 2.80. The average Bonchev–Trinajstić information content (AvgIpc) is 3.44. The van der Waals surface area contributed by atoms with Crippen molar-refractivity contribution in [1.82, 2.24) is 18.8 Å². The Morgan fingerprint density at radius 3 is 1.52 bits per heavy atom. The van der Waals surface area contributed by atoms with E-state index in [1.54, 1.807) is 22.7 Å². The van der Waals surface area contributed by atoms with Gasteiger partial charge in [-0.3, -0.25) is 8.80 Å². The Balaban J connectivity index is 0.000000138. The summed E-state index contributed by atoms with van der Waals surface area (Å²) >= 11 is 3.33. The standard InChI is InChI=1S/2C9H6N2S.C2H6.CH4/c2*1-2-4-8-7(3-1)10-9-11(8)5-6-12-9;1-2;/h2*1-6H;1-2H3;1H4. The largest absolute Gasteiger partial charge is 0.290 e. The van der Waals surface area contributed by atoms with Crippen molar-refractivity contribution in [2.24, 2.45) is 0 Å². The lowest BCUT2D eigenvalue weighted by atomic mass is 10.3. The SMILES string of the molecule is C.CC.c1ccc2c(c1)nc1sccn12.c1ccc2c(c1)nc1sccn12. The molecule has 0 atom stereocenters. The van der Waals surface area contributed by atoms with Crippen LogP contribution in [0.5, 0.6) is 0 Å². The molecule has 0 saturated heterocycles. The molecule has 0 N–H and O–H groups in total. The summed E-state index contributed by atoms with van der Waals surface area (Å²) in [4.78, 5) is 11.0. The molecule has 0 saturated carbocycles. The minimum atomic E-state index is 0. The van der Waals surface area contributed by atoms with Crippen LogP contribution in [0.3, 0.4) is 0 Å². The maximum atomic E-state index is 4.46. The summed E-state index contributed by atoms with van der Waals surface area (Å²) in [6.07, 6.45) is 4.10. The first-order valence-electron chi connectivity index (χ1n) is 8.51. The average molecular weight is 395 g/mol. The highest BCUT2D eigenvalue weighted by Gasteiger charge is 2.03. The number of fused-ring (bicyclic) bond motifs is 6. The van der Waals surface area contributed by atoms with E-state index in [9.17, 15) is 0 Å². The first kappa shape index (κ1) is 19.1. The first-order chi connectivity index (χ1) is 12.9. The van der Waals surface area contributed by atoms with E-state index in [4.69, 9.17) is 0 Å². The highest BCUT2D eigenvalue weighted by molar-refractivity contribution is 7.15. The van der Waals surface area contributed by atoms with Crippen LogP contribution < -0.4 is 0 Å². The quantitative estimate of drug-likeness (QED) is 0.285. The molecular weight excluding hydrogens is 372 g/mol. The zero-order chi connectivity index (χ0) is 17.9. The summed E-state index contributed by atoms with van der Waals surface area (Å²) in [5.41, 5.74) is 4.52. The molecule has 0 fully saturated rings. The summed E-state index contributed by atoms with van der Waals surface area (Å²) in [5.74, 6) is 0. The van der Waals surface area contributed by atoms with Crippen LogP contribution >= 0.6 is 22.7 Å². The molecule has 0 amide bonds. The Kier molecular flexibility index (Phi) is 5.88. The molecule has 0 aliphatic carbocycles. The maximum absolute atomic E-state index is 4.46. The van der Waals surface area contributed by atoms with Crippen molar-refractivity contribution in [2.75, 3.05) is 0 Å². The minimum absolute atomic E-state index is 0. The van der Waals surface area contributed by atoms with Crippen molar-refractivity contribution in [2.45, 2.75) is 21.3 Å². The third kappa shape index (κ3) is 3.46. The van der Waals surface area contributed by atoms with E-state index in [-0.39, 0.29) is 7.43 Å². The van der Waals surface area contributed by atoms with E-state index >= 15 is 0 Å². The molecule has 6 heteroatoms. The van der Waals surface area contributed by atoms with Crippen LogP contribution in [0, 0.1) is 0 Å². The molecule has 0 aliphatic heterocycles. The molecule has 4 aromatic heterocycles. The summed E-state index contributed by atoms with van der Waals surface area (Å²) in [7, 11) is 0. The molecule has 0 unspecified atom stereocenters. The predicted octanol–water partition coefficient (Wildman–Crippen LogP) is 6.76. The van der Waals surface area contributed by atoms with E-state index < -0.39 is 0 Å². The van der Waals surface area contributed by atoms with E-state index in [2.05, 4.69) is 54.1 Å². The number of rotatable bonds is 0. The summed E-state index contributed by atoms with van der Waals surface area (Å²) in [6, 6.07) is 16.3. The topological polar surface area (TPSA) is 34.6 Å². The number of thiazole rings is 2. The molecule has 27 heavy (non-hydrogen) atoms. The van der Waals surface area contributed by atoms with E-state index in [1.165, 1.54) is 11.0 Å². The van der Waals surface area contributed by atoms with E-state index in [0.717, 1.165) is 21.0 Å². The van der Waals surface area contributed by atoms with Crippen LogP contribution in [0.15, 0.2) is 71.7 Å². The Morgan fingerprint density at radius 1 is 0.667 bits per heavy atom. The van der Waals surface area contributed by atoms with E-state index in [0.29, 0.717) is 0 Å². The van der Waals surface area contributed by atoms with Crippen molar-refractivity contribution < 1.29 is 0 Å². The number of benzene rings is 2.